The highest BCUT2D eigenvalue weighted by molar-refractivity contribution is 6.01. The largest absolute Gasteiger partial charge is 0.497 e. The summed E-state index contributed by atoms with van der Waals surface area (Å²) in [7, 11) is 1.54. The van der Waals surface area contributed by atoms with Gasteiger partial charge in [0.05, 0.1) is 7.11 Å². The first-order valence-corrected chi connectivity index (χ1v) is 6.86. The molecule has 5 nitrogen and oxygen atoms in total. The lowest BCUT2D eigenvalue weighted by Crippen LogP contribution is -2.35. The number of methoxy groups -OCH3 is 1. The van der Waals surface area contributed by atoms with E-state index in [-0.39, 0.29) is 24.0 Å². The fourth-order valence-electron chi connectivity index (χ4n) is 2.15. The van der Waals surface area contributed by atoms with Gasteiger partial charge in [0.2, 0.25) is 5.91 Å². The van der Waals surface area contributed by atoms with Crippen molar-refractivity contribution in [2.75, 3.05) is 19.4 Å². The zero-order valence-electron chi connectivity index (χ0n) is 11.6. The van der Waals surface area contributed by atoms with Crippen molar-refractivity contribution in [2.24, 2.45) is 5.92 Å². The van der Waals surface area contributed by atoms with Crippen LogP contribution in [0.3, 0.4) is 0 Å². The number of benzene rings is 1. The van der Waals surface area contributed by atoms with Gasteiger partial charge in [-0.2, -0.15) is 0 Å². The van der Waals surface area contributed by atoms with E-state index in [0.29, 0.717) is 23.5 Å². The smallest absolute Gasteiger partial charge is 0.223 e. The second kappa shape index (κ2) is 6.41. The highest BCUT2D eigenvalue weighted by atomic mass is 16.5. The Balaban J connectivity index is 1.86. The summed E-state index contributed by atoms with van der Waals surface area (Å²) >= 11 is 0. The number of amides is 1. The van der Waals surface area contributed by atoms with Crippen molar-refractivity contribution in [3.05, 3.63) is 23.8 Å². The van der Waals surface area contributed by atoms with E-state index in [2.05, 4.69) is 5.32 Å². The minimum atomic E-state index is -0.0877. The van der Waals surface area contributed by atoms with Gasteiger partial charge in [-0.25, -0.2) is 0 Å². The third-order valence-electron chi connectivity index (χ3n) is 3.69. The van der Waals surface area contributed by atoms with Crippen LogP contribution in [0.25, 0.3) is 0 Å². The van der Waals surface area contributed by atoms with Crippen LogP contribution in [0.2, 0.25) is 0 Å². The summed E-state index contributed by atoms with van der Waals surface area (Å²) in [5, 5.41) is 2.80. The predicted molar refractivity (Wildman–Crippen MR) is 76.7 cm³/mol. The number of ketones is 1. The number of anilines is 1. The highest BCUT2D eigenvalue weighted by Gasteiger charge is 2.24. The maximum Gasteiger partial charge on any atom is 0.223 e. The Bertz CT molecular complexity index is 510. The molecule has 0 saturated heterocycles. The van der Waals surface area contributed by atoms with E-state index in [0.717, 1.165) is 19.3 Å². The third kappa shape index (κ3) is 3.29. The number of nitrogen functional groups attached to an aromatic ring is 1. The van der Waals surface area contributed by atoms with Crippen LogP contribution >= 0.6 is 0 Å². The zero-order chi connectivity index (χ0) is 14.5. The van der Waals surface area contributed by atoms with Gasteiger partial charge in [-0.05, 0) is 31.0 Å². The summed E-state index contributed by atoms with van der Waals surface area (Å²) in [5.74, 6) is 0.714. The van der Waals surface area contributed by atoms with E-state index >= 15 is 0 Å². The molecule has 2 rings (SSSR count). The highest BCUT2D eigenvalue weighted by Crippen LogP contribution is 2.26. The third-order valence-corrected chi connectivity index (χ3v) is 3.69. The van der Waals surface area contributed by atoms with Gasteiger partial charge in [-0.1, -0.05) is 6.42 Å². The number of carbonyl (C=O) groups is 2. The lowest BCUT2D eigenvalue weighted by atomic mass is 9.85. The number of carbonyl (C=O) groups excluding carboxylic acids is 2. The van der Waals surface area contributed by atoms with Crippen LogP contribution < -0.4 is 15.8 Å². The van der Waals surface area contributed by atoms with Crippen molar-refractivity contribution in [3.63, 3.8) is 0 Å². The lowest BCUT2D eigenvalue weighted by molar-refractivity contribution is -0.127. The number of hydrogen-bond acceptors (Lipinski definition) is 4. The molecule has 0 aliphatic heterocycles. The average molecular weight is 276 g/mol. The molecule has 0 unspecified atom stereocenters. The molecule has 1 amide bonds. The second-order valence-electron chi connectivity index (χ2n) is 5.05. The summed E-state index contributed by atoms with van der Waals surface area (Å²) in [5.41, 5.74) is 6.67. The van der Waals surface area contributed by atoms with Crippen molar-refractivity contribution in [2.45, 2.75) is 25.7 Å². The van der Waals surface area contributed by atoms with Gasteiger partial charge in [-0.15, -0.1) is 0 Å². The fourth-order valence-corrected chi connectivity index (χ4v) is 2.15. The molecule has 1 fully saturated rings. The van der Waals surface area contributed by atoms with Gasteiger partial charge in [0, 0.05) is 30.1 Å². The van der Waals surface area contributed by atoms with Crippen LogP contribution in [0.4, 0.5) is 5.69 Å². The maximum atomic E-state index is 12.1. The van der Waals surface area contributed by atoms with Crippen LogP contribution in [-0.2, 0) is 4.79 Å². The van der Waals surface area contributed by atoms with E-state index < -0.39 is 0 Å². The Kier molecular flexibility index (Phi) is 4.61. The van der Waals surface area contributed by atoms with Gasteiger partial charge in [0.15, 0.2) is 5.78 Å². The summed E-state index contributed by atoms with van der Waals surface area (Å²) in [6.45, 7) is 0.352. The van der Waals surface area contributed by atoms with Crippen LogP contribution in [0, 0.1) is 5.92 Å². The van der Waals surface area contributed by atoms with Crippen molar-refractivity contribution >= 4 is 17.4 Å². The molecule has 3 N–H and O–H groups in total. The van der Waals surface area contributed by atoms with Crippen molar-refractivity contribution in [1.29, 1.82) is 0 Å². The molecule has 108 valence electrons. The molecule has 1 aromatic carbocycles. The first kappa shape index (κ1) is 14.4. The first-order chi connectivity index (χ1) is 9.61. The molecule has 1 aromatic rings. The molecule has 0 spiro atoms. The number of ether oxygens (including phenoxy) is 1. The monoisotopic (exact) mass is 276 g/mol. The number of nitrogens with two attached hydrogens (primary N) is 1. The quantitative estimate of drug-likeness (QED) is 0.613. The van der Waals surface area contributed by atoms with E-state index in [9.17, 15) is 9.59 Å². The van der Waals surface area contributed by atoms with Gasteiger partial charge < -0.3 is 15.8 Å². The Hall–Kier alpha value is -2.04. The van der Waals surface area contributed by atoms with Crippen LogP contribution in [0.1, 0.15) is 36.0 Å². The molecule has 1 aliphatic rings. The molecular weight excluding hydrogens is 256 g/mol. The van der Waals surface area contributed by atoms with Crippen molar-refractivity contribution in [3.8, 4) is 5.75 Å². The minimum absolute atomic E-state index is 0.0580. The lowest BCUT2D eigenvalue weighted by Gasteiger charge is -2.23. The Labute approximate surface area is 118 Å². The molecule has 5 heteroatoms. The molecule has 0 heterocycles. The molecule has 20 heavy (non-hydrogen) atoms. The van der Waals surface area contributed by atoms with Gasteiger partial charge in [-0.3, -0.25) is 9.59 Å². The van der Waals surface area contributed by atoms with E-state index in [1.807, 2.05) is 0 Å². The summed E-state index contributed by atoms with van der Waals surface area (Å²) < 4.78 is 5.08. The maximum absolute atomic E-state index is 12.1. The summed E-state index contributed by atoms with van der Waals surface area (Å²) in [4.78, 5) is 23.7. The van der Waals surface area contributed by atoms with Crippen molar-refractivity contribution in [1.82, 2.24) is 5.32 Å². The average Bonchev–Trinajstić information content (AvgIpc) is 2.37. The Morgan fingerprint density at radius 2 is 2.15 bits per heavy atom. The summed E-state index contributed by atoms with van der Waals surface area (Å²) in [6, 6.07) is 4.99. The molecule has 0 aromatic heterocycles. The first-order valence-electron chi connectivity index (χ1n) is 6.86. The van der Waals surface area contributed by atoms with E-state index in [4.69, 9.17) is 10.5 Å². The van der Waals surface area contributed by atoms with Crippen molar-refractivity contribution < 1.29 is 14.3 Å². The number of hydrogen-bond donors (Lipinski definition) is 2. The molecule has 1 saturated carbocycles. The van der Waals surface area contributed by atoms with Gasteiger partial charge in [0.1, 0.15) is 5.75 Å². The van der Waals surface area contributed by atoms with E-state index in [1.54, 1.807) is 25.3 Å². The second-order valence-corrected chi connectivity index (χ2v) is 5.05. The van der Waals surface area contributed by atoms with Gasteiger partial charge in [0.25, 0.3) is 0 Å². The SMILES string of the molecule is COc1ccc(N)c(C(=O)CCNC(=O)C2CCC2)c1. The fraction of sp³-hybridized carbons (Fsp3) is 0.467. The van der Waals surface area contributed by atoms with Crippen LogP contribution in [0.15, 0.2) is 18.2 Å². The summed E-state index contributed by atoms with van der Waals surface area (Å²) in [6.07, 6.45) is 3.29. The standard InChI is InChI=1S/C15H20N2O3/c1-20-11-5-6-13(16)12(9-11)14(18)7-8-17-15(19)10-3-2-4-10/h5-6,9-10H,2-4,7-8,16H2,1H3,(H,17,19). The van der Waals surface area contributed by atoms with Gasteiger partial charge >= 0.3 is 0 Å². The normalized spacial score (nSPS) is 14.4. The number of Topliss-reactive ketones (excluding diaryl/α,β-unsaturated/α-hetero) is 1. The Morgan fingerprint density at radius 1 is 1.40 bits per heavy atom. The molecule has 0 radical (unpaired) electrons. The Morgan fingerprint density at radius 3 is 2.75 bits per heavy atom. The number of nitrogens with one attached hydrogen (secondary N) is 1. The zero-order valence-corrected chi connectivity index (χ0v) is 11.6. The molecule has 0 atom stereocenters. The molecule has 0 bridgehead atoms. The van der Waals surface area contributed by atoms with Crippen LogP contribution in [0.5, 0.6) is 5.75 Å². The van der Waals surface area contributed by atoms with E-state index in [1.165, 1.54) is 0 Å². The topological polar surface area (TPSA) is 81.4 Å². The molecule has 1 aliphatic carbocycles. The number of rotatable bonds is 6. The molecular formula is C15H20N2O3. The predicted octanol–water partition coefficient (Wildman–Crippen LogP) is 1.77. The van der Waals surface area contributed by atoms with Crippen LogP contribution in [-0.4, -0.2) is 25.3 Å². The minimum Gasteiger partial charge on any atom is -0.497 e.